The Morgan fingerprint density at radius 3 is 2.37 bits per heavy atom. The molecule has 1 aromatic carbocycles. The van der Waals surface area contributed by atoms with Gasteiger partial charge in [0.05, 0.1) is 10.5 Å². The zero-order valence-electron chi connectivity index (χ0n) is 17.1. The molecule has 30 heavy (non-hydrogen) atoms. The van der Waals surface area contributed by atoms with Crippen molar-refractivity contribution in [1.29, 1.82) is 5.26 Å². The van der Waals surface area contributed by atoms with Crippen LogP contribution in [0.1, 0.15) is 47.3 Å². The first-order valence-corrected chi connectivity index (χ1v) is 12.2. The molecule has 1 amide bonds. The maximum absolute atomic E-state index is 12.8. The van der Waals surface area contributed by atoms with Crippen LogP contribution in [0.25, 0.3) is 6.08 Å². The second-order valence-electron chi connectivity index (χ2n) is 7.31. The van der Waals surface area contributed by atoms with Crippen LogP contribution in [-0.2, 0) is 14.8 Å². The summed E-state index contributed by atoms with van der Waals surface area (Å²) in [6.45, 7) is 4.90. The lowest BCUT2D eigenvalue weighted by Crippen LogP contribution is -2.31. The third-order valence-corrected chi connectivity index (χ3v) is 8.28. The van der Waals surface area contributed by atoms with Gasteiger partial charge in [0.15, 0.2) is 0 Å². The van der Waals surface area contributed by atoms with Crippen molar-refractivity contribution in [3.05, 3.63) is 51.9 Å². The molecule has 2 heterocycles. The van der Waals surface area contributed by atoms with Gasteiger partial charge in [-0.2, -0.15) is 9.57 Å². The molecular formula is C22H25N3O3S2. The average Bonchev–Trinajstić information content (AvgIpc) is 2.92. The van der Waals surface area contributed by atoms with E-state index in [1.54, 1.807) is 34.6 Å². The predicted octanol–water partition coefficient (Wildman–Crippen LogP) is 4.45. The molecule has 3 rings (SSSR count). The van der Waals surface area contributed by atoms with Crippen LogP contribution >= 0.6 is 11.3 Å². The van der Waals surface area contributed by atoms with Crippen LogP contribution in [0, 0.1) is 25.2 Å². The Labute approximate surface area is 181 Å². The van der Waals surface area contributed by atoms with E-state index >= 15 is 0 Å². The number of anilines is 1. The van der Waals surface area contributed by atoms with Gasteiger partial charge in [-0.05, 0) is 56.0 Å². The molecule has 6 nitrogen and oxygen atoms in total. The minimum atomic E-state index is -3.48. The Balaban J connectivity index is 1.68. The lowest BCUT2D eigenvalue weighted by atomic mass is 10.2. The van der Waals surface area contributed by atoms with Crippen LogP contribution in [0.5, 0.6) is 0 Å². The summed E-state index contributed by atoms with van der Waals surface area (Å²) in [5.41, 5.74) is 2.09. The average molecular weight is 444 g/mol. The van der Waals surface area contributed by atoms with Crippen LogP contribution in [0.3, 0.4) is 0 Å². The van der Waals surface area contributed by atoms with Crippen molar-refractivity contribution in [1.82, 2.24) is 4.31 Å². The van der Waals surface area contributed by atoms with Crippen LogP contribution in [0.15, 0.2) is 35.2 Å². The lowest BCUT2D eigenvalue weighted by molar-refractivity contribution is -0.111. The molecule has 0 atom stereocenters. The fraction of sp³-hybridized carbons (Fsp3) is 0.364. The summed E-state index contributed by atoms with van der Waals surface area (Å²) in [6, 6.07) is 8.67. The fourth-order valence-corrected chi connectivity index (χ4v) is 5.89. The molecule has 1 saturated heterocycles. The van der Waals surface area contributed by atoms with E-state index in [2.05, 4.69) is 11.4 Å². The lowest BCUT2D eigenvalue weighted by Gasteiger charge is -2.19. The van der Waals surface area contributed by atoms with Gasteiger partial charge >= 0.3 is 0 Å². The molecule has 1 fully saturated rings. The molecule has 1 N–H and O–H groups in total. The molecule has 8 heteroatoms. The van der Waals surface area contributed by atoms with E-state index in [0.717, 1.165) is 41.7 Å². The Kier molecular flexibility index (Phi) is 7.08. The van der Waals surface area contributed by atoms with Crippen molar-refractivity contribution in [3.8, 4) is 6.07 Å². The largest absolute Gasteiger partial charge is 0.313 e. The highest BCUT2D eigenvalue weighted by Crippen LogP contribution is 2.31. The number of benzene rings is 1. The van der Waals surface area contributed by atoms with Gasteiger partial charge in [0.1, 0.15) is 11.1 Å². The molecule has 0 spiro atoms. The number of carbonyl (C=O) groups excluding carboxylic acids is 1. The summed E-state index contributed by atoms with van der Waals surface area (Å²) in [4.78, 5) is 13.5. The maximum Gasteiger partial charge on any atom is 0.249 e. The Bertz CT molecular complexity index is 1090. The highest BCUT2D eigenvalue weighted by atomic mass is 32.2. The molecule has 0 unspecified atom stereocenters. The summed E-state index contributed by atoms with van der Waals surface area (Å²) in [6.07, 6.45) is 6.93. The van der Waals surface area contributed by atoms with E-state index in [4.69, 9.17) is 0 Å². The van der Waals surface area contributed by atoms with Gasteiger partial charge in [-0.1, -0.05) is 25.0 Å². The normalized spacial score (nSPS) is 15.6. The molecule has 158 valence electrons. The second-order valence-corrected chi connectivity index (χ2v) is 10.5. The number of amides is 1. The molecule has 1 aromatic heterocycles. The summed E-state index contributed by atoms with van der Waals surface area (Å²) >= 11 is 1.38. The van der Waals surface area contributed by atoms with Crippen molar-refractivity contribution in [2.24, 2.45) is 0 Å². The van der Waals surface area contributed by atoms with Gasteiger partial charge < -0.3 is 5.32 Å². The SMILES string of the molecule is Cc1sc(NC(=O)/C=C/c2ccc(S(=O)(=O)N3CCCCCC3)cc2)c(C#N)c1C. The van der Waals surface area contributed by atoms with E-state index in [-0.39, 0.29) is 10.8 Å². The molecule has 0 aliphatic carbocycles. The summed E-state index contributed by atoms with van der Waals surface area (Å²) < 4.78 is 27.2. The Morgan fingerprint density at radius 1 is 1.13 bits per heavy atom. The zero-order valence-corrected chi connectivity index (χ0v) is 18.8. The van der Waals surface area contributed by atoms with Crippen molar-refractivity contribution >= 4 is 38.3 Å². The number of hydrogen-bond donors (Lipinski definition) is 1. The predicted molar refractivity (Wildman–Crippen MR) is 120 cm³/mol. The van der Waals surface area contributed by atoms with Gasteiger partial charge in [0, 0.05) is 24.0 Å². The molecule has 0 saturated carbocycles. The van der Waals surface area contributed by atoms with E-state index < -0.39 is 10.0 Å². The van der Waals surface area contributed by atoms with Crippen LogP contribution < -0.4 is 5.32 Å². The van der Waals surface area contributed by atoms with E-state index in [0.29, 0.717) is 23.7 Å². The standard InChI is InChI=1S/C22H25N3O3S2/c1-16-17(2)29-22(20(16)15-23)24-21(26)12-9-18-7-10-19(11-8-18)30(27,28)25-13-5-3-4-6-14-25/h7-12H,3-6,13-14H2,1-2H3,(H,24,26)/b12-9+. The number of thiophene rings is 1. The van der Waals surface area contributed by atoms with E-state index in [1.807, 2.05) is 13.8 Å². The van der Waals surface area contributed by atoms with Crippen LogP contribution in [-0.4, -0.2) is 31.7 Å². The Hall–Kier alpha value is -2.47. The van der Waals surface area contributed by atoms with Gasteiger partial charge in [-0.3, -0.25) is 4.79 Å². The first kappa shape index (κ1) is 22.2. The highest BCUT2D eigenvalue weighted by molar-refractivity contribution is 7.89. The molecule has 1 aliphatic heterocycles. The minimum Gasteiger partial charge on any atom is -0.313 e. The van der Waals surface area contributed by atoms with Gasteiger partial charge in [-0.15, -0.1) is 11.3 Å². The second kappa shape index (κ2) is 9.56. The number of nitriles is 1. The number of hydrogen-bond acceptors (Lipinski definition) is 5. The molecule has 2 aromatic rings. The van der Waals surface area contributed by atoms with Gasteiger partial charge in [0.25, 0.3) is 0 Å². The Morgan fingerprint density at radius 2 is 1.77 bits per heavy atom. The quantitative estimate of drug-likeness (QED) is 0.691. The van der Waals surface area contributed by atoms with Crippen molar-refractivity contribution < 1.29 is 13.2 Å². The first-order chi connectivity index (χ1) is 14.3. The third-order valence-electron chi connectivity index (χ3n) is 5.24. The maximum atomic E-state index is 12.8. The minimum absolute atomic E-state index is 0.272. The topological polar surface area (TPSA) is 90.3 Å². The van der Waals surface area contributed by atoms with Crippen molar-refractivity contribution in [3.63, 3.8) is 0 Å². The fourth-order valence-electron chi connectivity index (χ4n) is 3.36. The van der Waals surface area contributed by atoms with Gasteiger partial charge in [-0.25, -0.2) is 8.42 Å². The molecule has 1 aliphatic rings. The summed E-state index contributed by atoms with van der Waals surface area (Å²) in [5, 5.41) is 12.6. The zero-order chi connectivity index (χ0) is 21.7. The van der Waals surface area contributed by atoms with Gasteiger partial charge in [0.2, 0.25) is 15.9 Å². The van der Waals surface area contributed by atoms with Crippen LogP contribution in [0.2, 0.25) is 0 Å². The molecule has 0 bridgehead atoms. The number of rotatable bonds is 5. The number of nitrogens with zero attached hydrogens (tertiary/aromatic N) is 2. The molecule has 0 radical (unpaired) electrons. The van der Waals surface area contributed by atoms with Crippen molar-refractivity contribution in [2.45, 2.75) is 44.4 Å². The highest BCUT2D eigenvalue weighted by Gasteiger charge is 2.24. The summed E-state index contributed by atoms with van der Waals surface area (Å²) in [7, 11) is -3.48. The number of aryl methyl sites for hydroxylation is 1. The van der Waals surface area contributed by atoms with Crippen LogP contribution in [0.4, 0.5) is 5.00 Å². The third kappa shape index (κ3) is 4.98. The first-order valence-electron chi connectivity index (χ1n) is 9.92. The number of nitrogens with one attached hydrogen (secondary N) is 1. The summed E-state index contributed by atoms with van der Waals surface area (Å²) in [5.74, 6) is -0.339. The number of sulfonamides is 1. The van der Waals surface area contributed by atoms with Crippen molar-refractivity contribution in [2.75, 3.05) is 18.4 Å². The number of carbonyl (C=O) groups is 1. The van der Waals surface area contributed by atoms with E-state index in [9.17, 15) is 18.5 Å². The molecular weight excluding hydrogens is 418 g/mol. The smallest absolute Gasteiger partial charge is 0.249 e. The van der Waals surface area contributed by atoms with E-state index in [1.165, 1.54) is 17.4 Å². The monoisotopic (exact) mass is 443 g/mol.